The summed E-state index contributed by atoms with van der Waals surface area (Å²) in [6.45, 7) is 27.1. The van der Waals surface area contributed by atoms with Crippen molar-refractivity contribution in [3.63, 3.8) is 0 Å². The number of thioether (sulfide) groups is 2. The minimum Gasteiger partial charge on any atom is -0.372 e. The molecule has 6 saturated carbocycles. The van der Waals surface area contributed by atoms with Gasteiger partial charge in [0, 0.05) is 37.6 Å². The van der Waals surface area contributed by atoms with Crippen molar-refractivity contribution in [2.75, 3.05) is 36.0 Å². The molecule has 15 nitrogen and oxygen atoms in total. The lowest BCUT2D eigenvalue weighted by Crippen LogP contribution is -2.20. The normalized spacial score (nSPS) is 24.5. The van der Waals surface area contributed by atoms with Crippen LogP contribution in [0.15, 0.2) is 272 Å². The Balaban J connectivity index is 0.000000145. The molecule has 0 amide bonds. The van der Waals surface area contributed by atoms with E-state index in [4.69, 9.17) is 4.99 Å². The first-order valence-corrected chi connectivity index (χ1v) is 58.9. The van der Waals surface area contributed by atoms with Crippen molar-refractivity contribution in [2.24, 2.45) is 137 Å². The number of rotatable bonds is 34. The number of aryl methyl sites for hydroxylation is 4. The minimum atomic E-state index is 0.105. The Bertz CT molecular complexity index is 4860. The van der Waals surface area contributed by atoms with Crippen LogP contribution in [0.2, 0.25) is 0 Å². The van der Waals surface area contributed by atoms with Gasteiger partial charge in [-0.25, -0.2) is 4.99 Å². The van der Waals surface area contributed by atoms with Crippen molar-refractivity contribution in [1.29, 1.82) is 0 Å². The molecule has 0 aromatic heterocycles. The van der Waals surface area contributed by atoms with Crippen molar-refractivity contribution in [1.82, 2.24) is 0 Å². The van der Waals surface area contributed by atoms with Gasteiger partial charge in [-0.2, -0.15) is 46.0 Å². The third-order valence-electron chi connectivity index (χ3n) is 32.3. The van der Waals surface area contributed by atoms with Gasteiger partial charge in [0.15, 0.2) is 0 Å². The second-order valence-electron chi connectivity index (χ2n) is 43.3. The molecule has 0 radical (unpaired) electrons. The van der Waals surface area contributed by atoms with Crippen LogP contribution in [0.25, 0.3) is 0 Å². The van der Waals surface area contributed by atoms with Crippen LogP contribution in [-0.2, 0) is 19.3 Å². The van der Waals surface area contributed by atoms with E-state index in [1.54, 1.807) is 197 Å². The summed E-state index contributed by atoms with van der Waals surface area (Å²) in [5, 5.41) is 53.7. The Morgan fingerprint density at radius 3 is 0.669 bits per heavy atom. The molecular formula is C125H177N15S2. The number of amidine groups is 1. The van der Waals surface area contributed by atoms with Crippen LogP contribution in [0.3, 0.4) is 0 Å². The lowest BCUT2D eigenvalue weighted by atomic mass is 9.72. The summed E-state index contributed by atoms with van der Waals surface area (Å²) in [4.78, 5) is 9.52. The molecule has 2 atom stereocenters. The van der Waals surface area contributed by atoms with Crippen molar-refractivity contribution in [2.45, 2.75) is 375 Å². The summed E-state index contributed by atoms with van der Waals surface area (Å²) >= 11 is 3.27. The molecule has 17 heteroatoms. The Labute approximate surface area is 867 Å². The predicted molar refractivity (Wildman–Crippen MR) is 607 cm³/mol. The summed E-state index contributed by atoms with van der Waals surface area (Å²) in [5.74, 6) is 13.1. The highest BCUT2D eigenvalue weighted by atomic mass is 32.2. The van der Waals surface area contributed by atoms with Gasteiger partial charge in [-0.05, 0) is 311 Å². The Morgan fingerprint density at radius 2 is 0.444 bits per heavy atom. The number of fused-ring (bicyclic) bond motifs is 1. The fourth-order valence-electron chi connectivity index (χ4n) is 23.7. The zero-order chi connectivity index (χ0) is 98.9. The van der Waals surface area contributed by atoms with Gasteiger partial charge in [0.2, 0.25) is 5.17 Å². The van der Waals surface area contributed by atoms with E-state index in [0.29, 0.717) is 0 Å². The molecule has 2 saturated heterocycles. The highest BCUT2D eigenvalue weighted by Crippen LogP contribution is 2.48. The molecule has 764 valence electrons. The lowest BCUT2D eigenvalue weighted by molar-refractivity contribution is 0.184. The zero-order valence-corrected chi connectivity index (χ0v) is 90.6. The van der Waals surface area contributed by atoms with Crippen LogP contribution >= 0.6 is 23.5 Å². The largest absolute Gasteiger partial charge is 0.372 e. The predicted octanol–water partition coefficient (Wildman–Crippen LogP) is 41.9. The average Bonchev–Trinajstić information content (AvgIpc) is 1.66. The van der Waals surface area contributed by atoms with Crippen LogP contribution in [0, 0.1) is 77.9 Å². The standard InChI is InChI=1S/C24H25N5.C23H24N6S2.C21H20N4.3C19H36/c1-2-19-5-7-20(8-6-19)25-26-21-9-11-22(12-10-21)27-28-23-13-15-24(16-14-23)29-17-3-4-18-29;1-2-16-5-7-17(8-6-16)25-27-21-15-20-22(31-21)24-23(30-20)28-26-18-9-11-19(12-10-18)29-13-3-4-14-29;1-3-17-6-10-19(11-7-17)23-25-21-14-12-20(13-15-21)24-22-18-8-4-16(2)5-9-18;3*1-3-5-16-7-11-18(12-8-16)15-19-13-9-17(6-4-2)10-14-19/h5-16H,2-4,17-18H2,1H3;5-12,15,20,22H,2-4,13-14H2,1H3;4-15H,3H2,1-2H3;3*16-19H,3-15H2,1-2H3. The van der Waals surface area contributed by atoms with Gasteiger partial charge in [0.05, 0.1) is 62.1 Å². The highest BCUT2D eigenvalue weighted by Gasteiger charge is 2.37. The number of benzene rings is 8. The van der Waals surface area contributed by atoms with Crippen LogP contribution in [-0.4, -0.2) is 42.0 Å². The SMILES string of the molecule is CCCC1CCC(CC2CCC(CCC)CC2)CC1.CCCC1CCC(CC2CCC(CCC)CC2)CC1.CCCC1CCC(CC2CCC(CCC)CC2)CC1.CCc1ccc(N=NC2=CC3SC(N=Nc4ccc(N5CCCC5)cc4)=NC3S2)cc1.CCc1ccc(N=Nc2ccc(N=Nc3ccc(C)cc3)cc2)cc1.CCc1ccc(N=Nc2ccc(N=Nc3ccc(N4CCCC4)cc3)cc2)cc1. The summed E-state index contributed by atoms with van der Waals surface area (Å²) in [5.41, 5.74) is 15.9. The van der Waals surface area contributed by atoms with Gasteiger partial charge < -0.3 is 9.80 Å². The third-order valence-corrected chi connectivity index (χ3v) is 34.7. The van der Waals surface area contributed by atoms with Crippen molar-refractivity contribution in [3.8, 4) is 0 Å². The van der Waals surface area contributed by atoms with E-state index in [-0.39, 0.29) is 10.6 Å². The fourth-order valence-corrected chi connectivity index (χ4v) is 26.0. The molecule has 10 aliphatic rings. The summed E-state index contributed by atoms with van der Waals surface area (Å²) in [6.07, 6.45) is 69.6. The van der Waals surface area contributed by atoms with Crippen molar-refractivity contribution >= 4 is 96.9 Å². The Hall–Kier alpha value is -8.93. The number of aliphatic imine (C=N–C) groups is 1. The molecule has 2 unspecified atom stereocenters. The monoisotopic (exact) mass is 1950 g/mol. The number of azo groups is 6. The Kier molecular flexibility index (Phi) is 48.3. The van der Waals surface area contributed by atoms with Gasteiger partial charge >= 0.3 is 0 Å². The quantitative estimate of drug-likeness (QED) is 0.0366. The molecule has 8 fully saturated rings. The van der Waals surface area contributed by atoms with E-state index >= 15 is 0 Å². The molecule has 0 N–H and O–H groups in total. The van der Waals surface area contributed by atoms with E-state index in [2.05, 4.69) is 200 Å². The zero-order valence-electron chi connectivity index (χ0n) is 89.0. The molecule has 4 aliphatic heterocycles. The smallest absolute Gasteiger partial charge is 0.206 e. The highest BCUT2D eigenvalue weighted by molar-refractivity contribution is 8.16. The molecule has 8 aromatic carbocycles. The maximum atomic E-state index is 4.69. The number of hydrogen-bond donors (Lipinski definition) is 0. The molecule has 18 rings (SSSR count). The first kappa shape index (κ1) is 110. The molecule has 0 spiro atoms. The van der Waals surface area contributed by atoms with Crippen molar-refractivity contribution < 1.29 is 0 Å². The van der Waals surface area contributed by atoms with Crippen LogP contribution in [0.1, 0.15) is 361 Å². The van der Waals surface area contributed by atoms with Gasteiger partial charge in [0.25, 0.3) is 0 Å². The topological polar surface area (TPSA) is 167 Å². The fraction of sp³-hybridized carbons (Fsp3) is 0.592. The second kappa shape index (κ2) is 62.1. The van der Waals surface area contributed by atoms with Gasteiger partial charge in [-0.15, -0.1) is 15.3 Å². The maximum absolute atomic E-state index is 4.69. The molecule has 142 heavy (non-hydrogen) atoms. The first-order valence-electron chi connectivity index (χ1n) is 57.1. The summed E-state index contributed by atoms with van der Waals surface area (Å²) in [6, 6.07) is 64.1. The first-order chi connectivity index (χ1) is 69.7. The van der Waals surface area contributed by atoms with E-state index in [1.807, 2.05) is 140 Å². The lowest BCUT2D eigenvalue weighted by Gasteiger charge is -2.34. The summed E-state index contributed by atoms with van der Waals surface area (Å²) < 4.78 is 0. The maximum Gasteiger partial charge on any atom is 0.206 e. The van der Waals surface area contributed by atoms with Crippen LogP contribution in [0.5, 0.6) is 0 Å². The molecule has 8 aromatic rings. The second-order valence-corrected chi connectivity index (χ2v) is 45.6. The number of anilines is 2. The average molecular weight is 1950 g/mol. The molecule has 0 bridgehead atoms. The summed E-state index contributed by atoms with van der Waals surface area (Å²) in [7, 11) is 0. The molecular weight excluding hydrogens is 1780 g/mol. The van der Waals surface area contributed by atoms with Gasteiger partial charge in [-0.1, -0.05) is 371 Å². The van der Waals surface area contributed by atoms with Crippen molar-refractivity contribution in [3.05, 3.63) is 227 Å². The van der Waals surface area contributed by atoms with E-state index in [1.165, 1.54) is 136 Å². The molecule has 4 heterocycles. The van der Waals surface area contributed by atoms with E-state index in [9.17, 15) is 0 Å². The van der Waals surface area contributed by atoms with Gasteiger partial charge in [0.1, 0.15) is 10.4 Å². The third kappa shape index (κ3) is 38.8. The van der Waals surface area contributed by atoms with Crippen LogP contribution in [0.4, 0.5) is 68.2 Å². The number of nitrogens with zero attached hydrogens (tertiary/aromatic N) is 15. The molecule has 6 aliphatic carbocycles. The van der Waals surface area contributed by atoms with Gasteiger partial charge in [-0.3, -0.25) is 0 Å². The van der Waals surface area contributed by atoms with E-state index < -0.39 is 0 Å². The Morgan fingerprint density at radius 1 is 0.239 bits per heavy atom. The minimum absolute atomic E-state index is 0.105. The number of hydrogen-bond acceptors (Lipinski definition) is 17. The van der Waals surface area contributed by atoms with E-state index in [0.717, 1.165) is 184 Å². The van der Waals surface area contributed by atoms with Crippen LogP contribution < -0.4 is 9.80 Å².